The molecule has 0 aliphatic heterocycles. The number of H-pyrrole nitrogens is 1. The summed E-state index contributed by atoms with van der Waals surface area (Å²) in [7, 11) is 1.13. The summed E-state index contributed by atoms with van der Waals surface area (Å²) in [5, 5.41) is 17.8. The maximum atomic E-state index is 10.6. The van der Waals surface area contributed by atoms with Gasteiger partial charge in [0.25, 0.3) is 0 Å². The SMILES string of the molecule is CON(C(=O)O)c1cc[nH]c1C(=O)O. The fourth-order valence-corrected chi connectivity index (χ4v) is 0.981. The lowest BCUT2D eigenvalue weighted by Crippen LogP contribution is -2.28. The number of nitrogens with zero attached hydrogens (tertiary/aromatic N) is 1. The number of carboxylic acids is 1. The first-order chi connectivity index (χ1) is 6.57. The second-order valence-corrected chi connectivity index (χ2v) is 2.30. The molecule has 1 aromatic rings. The number of carboxylic acid groups (broad SMARTS) is 2. The number of amides is 1. The Balaban J connectivity index is 3.10. The Hall–Kier alpha value is -2.02. The van der Waals surface area contributed by atoms with Gasteiger partial charge in [0.1, 0.15) is 5.69 Å². The molecular formula is C7H8N2O5. The summed E-state index contributed by atoms with van der Waals surface area (Å²) in [6.45, 7) is 0. The molecule has 0 fully saturated rings. The molecule has 7 heteroatoms. The first-order valence-electron chi connectivity index (χ1n) is 3.55. The Morgan fingerprint density at radius 1 is 1.50 bits per heavy atom. The van der Waals surface area contributed by atoms with Crippen molar-refractivity contribution in [3.63, 3.8) is 0 Å². The van der Waals surface area contributed by atoms with Gasteiger partial charge in [-0.05, 0) is 6.07 Å². The number of hydrogen-bond donors (Lipinski definition) is 3. The fraction of sp³-hybridized carbons (Fsp3) is 0.143. The molecule has 1 aromatic heterocycles. The van der Waals surface area contributed by atoms with Crippen LogP contribution in [-0.2, 0) is 4.84 Å². The van der Waals surface area contributed by atoms with Crippen LogP contribution < -0.4 is 5.06 Å². The first-order valence-corrected chi connectivity index (χ1v) is 3.55. The molecule has 0 atom stereocenters. The highest BCUT2D eigenvalue weighted by molar-refractivity contribution is 5.97. The number of carbonyl (C=O) groups is 2. The fourth-order valence-electron chi connectivity index (χ4n) is 0.981. The van der Waals surface area contributed by atoms with Crippen LogP contribution in [-0.4, -0.2) is 34.4 Å². The van der Waals surface area contributed by atoms with Gasteiger partial charge in [-0.15, -0.1) is 0 Å². The van der Waals surface area contributed by atoms with Crippen molar-refractivity contribution < 1.29 is 24.6 Å². The van der Waals surface area contributed by atoms with E-state index in [0.717, 1.165) is 7.11 Å². The molecule has 0 spiro atoms. The second kappa shape index (κ2) is 3.79. The van der Waals surface area contributed by atoms with E-state index in [1.807, 2.05) is 0 Å². The van der Waals surface area contributed by atoms with Crippen molar-refractivity contribution in [1.29, 1.82) is 0 Å². The van der Waals surface area contributed by atoms with E-state index in [9.17, 15) is 9.59 Å². The van der Waals surface area contributed by atoms with Gasteiger partial charge < -0.3 is 15.2 Å². The van der Waals surface area contributed by atoms with Gasteiger partial charge in [0.15, 0.2) is 5.69 Å². The molecule has 76 valence electrons. The maximum Gasteiger partial charge on any atom is 0.436 e. The molecule has 1 heterocycles. The van der Waals surface area contributed by atoms with E-state index < -0.39 is 12.1 Å². The lowest BCUT2D eigenvalue weighted by Gasteiger charge is -2.14. The molecule has 0 bridgehead atoms. The summed E-state index contributed by atoms with van der Waals surface area (Å²) < 4.78 is 0. The smallest absolute Gasteiger partial charge is 0.436 e. The van der Waals surface area contributed by atoms with Crippen LogP contribution in [0.4, 0.5) is 10.5 Å². The Morgan fingerprint density at radius 2 is 2.14 bits per heavy atom. The minimum atomic E-state index is -1.39. The van der Waals surface area contributed by atoms with Gasteiger partial charge in [-0.25, -0.2) is 9.59 Å². The van der Waals surface area contributed by atoms with Crippen molar-refractivity contribution in [2.75, 3.05) is 12.2 Å². The van der Waals surface area contributed by atoms with Crippen molar-refractivity contribution in [1.82, 2.24) is 4.98 Å². The highest BCUT2D eigenvalue weighted by Gasteiger charge is 2.22. The minimum Gasteiger partial charge on any atom is -0.477 e. The van der Waals surface area contributed by atoms with Gasteiger partial charge in [0, 0.05) is 6.20 Å². The number of hydroxylamine groups is 1. The van der Waals surface area contributed by atoms with Crippen LogP contribution in [0.5, 0.6) is 0 Å². The van der Waals surface area contributed by atoms with E-state index in [-0.39, 0.29) is 11.4 Å². The second-order valence-electron chi connectivity index (χ2n) is 2.30. The highest BCUT2D eigenvalue weighted by Crippen LogP contribution is 2.19. The van der Waals surface area contributed by atoms with Crippen LogP contribution in [0, 0.1) is 0 Å². The van der Waals surface area contributed by atoms with Gasteiger partial charge >= 0.3 is 12.1 Å². The number of nitrogens with one attached hydrogen (secondary N) is 1. The molecule has 1 rings (SSSR count). The monoisotopic (exact) mass is 200 g/mol. The van der Waals surface area contributed by atoms with Gasteiger partial charge in [-0.2, -0.15) is 5.06 Å². The van der Waals surface area contributed by atoms with Gasteiger partial charge in [0.05, 0.1) is 7.11 Å². The number of rotatable bonds is 3. The standard InChI is InChI=1S/C7H8N2O5/c1-14-9(7(12)13)4-2-3-8-5(4)6(10)11/h2-3,8H,1H3,(H,10,11)(H,12,13). The van der Waals surface area contributed by atoms with Gasteiger partial charge in [-0.3, -0.25) is 4.84 Å². The summed E-state index contributed by atoms with van der Waals surface area (Å²) in [5.74, 6) is -1.26. The van der Waals surface area contributed by atoms with E-state index in [2.05, 4.69) is 9.82 Å². The number of aromatic carboxylic acids is 1. The Bertz CT molecular complexity index is 359. The number of hydrogen-bond acceptors (Lipinski definition) is 3. The lowest BCUT2D eigenvalue weighted by atomic mass is 10.3. The normalized spacial score (nSPS) is 9.79. The van der Waals surface area contributed by atoms with E-state index in [1.165, 1.54) is 12.3 Å². The third-order valence-electron chi connectivity index (χ3n) is 1.51. The van der Waals surface area contributed by atoms with E-state index in [4.69, 9.17) is 10.2 Å². The van der Waals surface area contributed by atoms with Crippen LogP contribution in [0.1, 0.15) is 10.5 Å². The van der Waals surface area contributed by atoms with Crippen LogP contribution in [0.15, 0.2) is 12.3 Å². The molecule has 0 unspecified atom stereocenters. The molecule has 1 amide bonds. The Morgan fingerprint density at radius 3 is 2.57 bits per heavy atom. The summed E-state index contributed by atoms with van der Waals surface area (Å²) in [6, 6.07) is 1.29. The molecule has 0 aliphatic rings. The third-order valence-corrected chi connectivity index (χ3v) is 1.51. The molecule has 0 saturated heterocycles. The van der Waals surface area contributed by atoms with Gasteiger partial charge in [-0.1, -0.05) is 0 Å². The molecule has 0 saturated carbocycles. The van der Waals surface area contributed by atoms with Crippen molar-refractivity contribution in [3.8, 4) is 0 Å². The minimum absolute atomic E-state index is 0.0625. The predicted molar refractivity (Wildman–Crippen MR) is 45.3 cm³/mol. The lowest BCUT2D eigenvalue weighted by molar-refractivity contribution is 0.0689. The summed E-state index contributed by atoms with van der Waals surface area (Å²) in [4.78, 5) is 28.1. The van der Waals surface area contributed by atoms with E-state index in [1.54, 1.807) is 0 Å². The van der Waals surface area contributed by atoms with Crippen molar-refractivity contribution in [2.45, 2.75) is 0 Å². The first kappa shape index (κ1) is 10.1. The molecular weight excluding hydrogens is 192 g/mol. The average Bonchev–Trinajstić information content (AvgIpc) is 2.53. The van der Waals surface area contributed by atoms with Crippen molar-refractivity contribution in [2.24, 2.45) is 0 Å². The Kier molecular flexibility index (Phi) is 2.73. The topological polar surface area (TPSA) is 103 Å². The van der Waals surface area contributed by atoms with Crippen LogP contribution in [0.25, 0.3) is 0 Å². The number of anilines is 1. The van der Waals surface area contributed by atoms with E-state index in [0.29, 0.717) is 5.06 Å². The van der Waals surface area contributed by atoms with Crippen molar-refractivity contribution in [3.05, 3.63) is 18.0 Å². The summed E-state index contributed by atoms with van der Waals surface area (Å²) >= 11 is 0. The molecule has 0 aliphatic carbocycles. The predicted octanol–water partition coefficient (Wildman–Crippen LogP) is 0.759. The highest BCUT2D eigenvalue weighted by atomic mass is 16.7. The molecule has 0 radical (unpaired) electrons. The molecule has 7 nitrogen and oxygen atoms in total. The molecule has 0 aromatic carbocycles. The zero-order chi connectivity index (χ0) is 10.7. The summed E-state index contributed by atoms with van der Waals surface area (Å²) in [5.41, 5.74) is -0.304. The van der Waals surface area contributed by atoms with Crippen LogP contribution in [0.2, 0.25) is 0 Å². The summed E-state index contributed by atoms with van der Waals surface area (Å²) in [6.07, 6.45) is -0.0806. The third kappa shape index (κ3) is 1.67. The largest absolute Gasteiger partial charge is 0.477 e. The molecule has 3 N–H and O–H groups in total. The average molecular weight is 200 g/mol. The van der Waals surface area contributed by atoms with Crippen LogP contribution >= 0.6 is 0 Å². The van der Waals surface area contributed by atoms with Crippen LogP contribution in [0.3, 0.4) is 0 Å². The maximum absolute atomic E-state index is 10.6. The van der Waals surface area contributed by atoms with E-state index >= 15 is 0 Å². The number of aromatic nitrogens is 1. The van der Waals surface area contributed by atoms with Crippen molar-refractivity contribution >= 4 is 17.7 Å². The zero-order valence-corrected chi connectivity index (χ0v) is 7.22. The Labute approximate surface area is 78.5 Å². The molecule has 14 heavy (non-hydrogen) atoms. The van der Waals surface area contributed by atoms with Gasteiger partial charge in [0.2, 0.25) is 0 Å². The number of aromatic amines is 1. The zero-order valence-electron chi connectivity index (χ0n) is 7.22. The quantitative estimate of drug-likeness (QED) is 0.625.